The van der Waals surface area contributed by atoms with Gasteiger partial charge in [-0.3, -0.25) is 4.79 Å². The predicted molar refractivity (Wildman–Crippen MR) is 80.4 cm³/mol. The molecule has 2 saturated heterocycles. The molecule has 1 aromatic carbocycles. The highest BCUT2D eigenvalue weighted by Crippen LogP contribution is 2.39. The first-order chi connectivity index (χ1) is 9.70. The zero-order valence-electron chi connectivity index (χ0n) is 12.3. The number of rotatable bonds is 2. The van der Waals surface area contributed by atoms with Crippen molar-refractivity contribution in [1.29, 1.82) is 0 Å². The van der Waals surface area contributed by atoms with Crippen LogP contribution >= 0.6 is 0 Å². The number of carbonyl (C=O) groups excluding carboxylic acids is 1. The van der Waals surface area contributed by atoms with Gasteiger partial charge < -0.3 is 10.2 Å². The smallest absolute Gasteiger partial charge is 0.229 e. The van der Waals surface area contributed by atoms with Gasteiger partial charge in [-0.15, -0.1) is 0 Å². The lowest BCUT2D eigenvalue weighted by Gasteiger charge is -2.44. The molecule has 0 aromatic heterocycles. The summed E-state index contributed by atoms with van der Waals surface area (Å²) >= 11 is 0. The molecule has 0 unspecified atom stereocenters. The Morgan fingerprint density at radius 3 is 2.80 bits per heavy atom. The van der Waals surface area contributed by atoms with Crippen molar-refractivity contribution in [2.45, 2.75) is 39.2 Å². The Morgan fingerprint density at radius 2 is 2.05 bits per heavy atom. The first-order valence-corrected chi connectivity index (χ1v) is 7.75. The summed E-state index contributed by atoms with van der Waals surface area (Å²) in [6, 6.07) is 8.51. The molecule has 2 aliphatic heterocycles. The van der Waals surface area contributed by atoms with Crippen molar-refractivity contribution in [3.05, 3.63) is 35.4 Å². The molecule has 3 nitrogen and oxygen atoms in total. The van der Waals surface area contributed by atoms with Gasteiger partial charge in [-0.2, -0.15) is 0 Å². The number of aryl methyl sites for hydroxylation is 1. The summed E-state index contributed by atoms with van der Waals surface area (Å²) in [7, 11) is 0. The third-order valence-electron chi connectivity index (χ3n) is 4.84. The van der Waals surface area contributed by atoms with E-state index in [1.807, 2.05) is 0 Å². The largest absolute Gasteiger partial charge is 0.338 e. The molecule has 2 fully saturated rings. The molecule has 2 aliphatic rings. The van der Waals surface area contributed by atoms with Crippen LogP contribution in [-0.4, -0.2) is 30.4 Å². The Hall–Kier alpha value is -1.35. The number of hydrogen-bond donors (Lipinski definition) is 1. The Morgan fingerprint density at radius 1 is 1.25 bits per heavy atom. The van der Waals surface area contributed by atoms with E-state index in [1.54, 1.807) is 0 Å². The number of carbonyl (C=O) groups is 1. The number of nitrogens with zero attached hydrogens (tertiary/aromatic N) is 1. The second kappa shape index (κ2) is 5.57. The van der Waals surface area contributed by atoms with Crippen LogP contribution in [0.15, 0.2) is 24.3 Å². The lowest BCUT2D eigenvalue weighted by atomic mass is 9.72. The molecule has 0 saturated carbocycles. The van der Waals surface area contributed by atoms with Crippen molar-refractivity contribution in [3.8, 4) is 0 Å². The number of likely N-dealkylation sites (tertiary alicyclic amines) is 1. The Kier molecular flexibility index (Phi) is 3.79. The van der Waals surface area contributed by atoms with Gasteiger partial charge in [0.25, 0.3) is 0 Å². The van der Waals surface area contributed by atoms with Gasteiger partial charge in [0.1, 0.15) is 0 Å². The second-order valence-electron chi connectivity index (χ2n) is 6.35. The Balaban J connectivity index is 1.75. The van der Waals surface area contributed by atoms with Crippen molar-refractivity contribution >= 4 is 5.91 Å². The van der Waals surface area contributed by atoms with Crippen LogP contribution in [-0.2, 0) is 11.3 Å². The highest BCUT2D eigenvalue weighted by Gasteiger charge is 2.44. The van der Waals surface area contributed by atoms with E-state index in [0.717, 1.165) is 51.9 Å². The summed E-state index contributed by atoms with van der Waals surface area (Å²) < 4.78 is 0. The predicted octanol–water partition coefficient (Wildman–Crippen LogP) is 2.49. The SMILES string of the molecule is Cc1cccc(CN2CCCC3(CCNCC3)C2=O)c1. The van der Waals surface area contributed by atoms with Gasteiger partial charge in [0, 0.05) is 13.1 Å². The van der Waals surface area contributed by atoms with E-state index in [2.05, 4.69) is 41.4 Å². The highest BCUT2D eigenvalue weighted by molar-refractivity contribution is 5.83. The van der Waals surface area contributed by atoms with Gasteiger partial charge in [-0.1, -0.05) is 29.8 Å². The number of piperidine rings is 2. The van der Waals surface area contributed by atoms with Crippen LogP contribution in [0.25, 0.3) is 0 Å². The lowest BCUT2D eigenvalue weighted by molar-refractivity contribution is -0.149. The molecule has 1 N–H and O–H groups in total. The molecule has 1 spiro atoms. The molecule has 3 heteroatoms. The van der Waals surface area contributed by atoms with E-state index in [9.17, 15) is 4.79 Å². The Bertz CT molecular complexity index is 486. The van der Waals surface area contributed by atoms with Crippen LogP contribution in [0.4, 0.5) is 0 Å². The van der Waals surface area contributed by atoms with E-state index in [0.29, 0.717) is 5.91 Å². The standard InChI is InChI=1S/C17H24N2O/c1-14-4-2-5-15(12-14)13-19-11-3-6-17(16(19)20)7-9-18-10-8-17/h2,4-5,12,18H,3,6-11,13H2,1H3. The molecule has 3 rings (SSSR count). The third-order valence-corrected chi connectivity index (χ3v) is 4.84. The summed E-state index contributed by atoms with van der Waals surface area (Å²) in [5.41, 5.74) is 2.46. The summed E-state index contributed by atoms with van der Waals surface area (Å²) in [6.07, 6.45) is 4.25. The van der Waals surface area contributed by atoms with Crippen LogP contribution in [0, 0.1) is 12.3 Å². The van der Waals surface area contributed by atoms with E-state index in [-0.39, 0.29) is 5.41 Å². The summed E-state index contributed by atoms with van der Waals surface area (Å²) in [6.45, 7) is 5.78. The maximum absolute atomic E-state index is 12.9. The molecular formula is C17H24N2O. The normalized spacial score (nSPS) is 22.2. The van der Waals surface area contributed by atoms with Crippen molar-refractivity contribution in [3.63, 3.8) is 0 Å². The van der Waals surface area contributed by atoms with Crippen molar-refractivity contribution in [2.24, 2.45) is 5.41 Å². The molecule has 108 valence electrons. The molecular weight excluding hydrogens is 248 g/mol. The monoisotopic (exact) mass is 272 g/mol. The molecule has 0 bridgehead atoms. The number of amides is 1. The molecule has 0 aliphatic carbocycles. The molecule has 1 amide bonds. The summed E-state index contributed by atoms with van der Waals surface area (Å²) in [4.78, 5) is 15.0. The van der Waals surface area contributed by atoms with Gasteiger partial charge in [0.05, 0.1) is 5.41 Å². The first-order valence-electron chi connectivity index (χ1n) is 7.75. The van der Waals surface area contributed by atoms with Crippen molar-refractivity contribution in [2.75, 3.05) is 19.6 Å². The van der Waals surface area contributed by atoms with Crippen molar-refractivity contribution in [1.82, 2.24) is 10.2 Å². The zero-order valence-corrected chi connectivity index (χ0v) is 12.3. The lowest BCUT2D eigenvalue weighted by Crippen LogP contribution is -2.52. The minimum atomic E-state index is -0.0622. The average Bonchev–Trinajstić information content (AvgIpc) is 2.45. The van der Waals surface area contributed by atoms with Gasteiger partial charge >= 0.3 is 0 Å². The molecule has 20 heavy (non-hydrogen) atoms. The van der Waals surface area contributed by atoms with Crippen molar-refractivity contribution < 1.29 is 4.79 Å². The summed E-state index contributed by atoms with van der Waals surface area (Å²) in [5.74, 6) is 0.395. The van der Waals surface area contributed by atoms with E-state index >= 15 is 0 Å². The minimum Gasteiger partial charge on any atom is -0.338 e. The topological polar surface area (TPSA) is 32.3 Å². The molecule has 1 aromatic rings. The zero-order chi connectivity index (χ0) is 14.0. The number of benzene rings is 1. The second-order valence-corrected chi connectivity index (χ2v) is 6.35. The van der Waals surface area contributed by atoms with Crippen LogP contribution in [0.2, 0.25) is 0 Å². The van der Waals surface area contributed by atoms with Crippen LogP contribution in [0.3, 0.4) is 0 Å². The molecule has 2 heterocycles. The van der Waals surface area contributed by atoms with Crippen LogP contribution < -0.4 is 5.32 Å². The van der Waals surface area contributed by atoms with Gasteiger partial charge in [-0.05, 0) is 51.3 Å². The number of hydrogen-bond acceptors (Lipinski definition) is 2. The minimum absolute atomic E-state index is 0.0622. The molecule has 0 atom stereocenters. The fourth-order valence-electron chi connectivity index (χ4n) is 3.70. The maximum atomic E-state index is 12.9. The van der Waals surface area contributed by atoms with Crippen LogP contribution in [0.1, 0.15) is 36.8 Å². The highest BCUT2D eigenvalue weighted by atomic mass is 16.2. The fraction of sp³-hybridized carbons (Fsp3) is 0.588. The number of nitrogens with one attached hydrogen (secondary N) is 1. The quantitative estimate of drug-likeness (QED) is 0.897. The van der Waals surface area contributed by atoms with E-state index in [4.69, 9.17) is 0 Å². The third kappa shape index (κ3) is 2.59. The maximum Gasteiger partial charge on any atom is 0.229 e. The average molecular weight is 272 g/mol. The van der Waals surface area contributed by atoms with Crippen LogP contribution in [0.5, 0.6) is 0 Å². The van der Waals surface area contributed by atoms with E-state index in [1.165, 1.54) is 11.1 Å². The first kappa shape index (κ1) is 13.6. The summed E-state index contributed by atoms with van der Waals surface area (Å²) in [5, 5.41) is 3.38. The molecule has 0 radical (unpaired) electrons. The van der Waals surface area contributed by atoms with Gasteiger partial charge in [0.2, 0.25) is 5.91 Å². The fourth-order valence-corrected chi connectivity index (χ4v) is 3.70. The Labute approximate surface area is 121 Å². The van der Waals surface area contributed by atoms with Gasteiger partial charge in [-0.25, -0.2) is 0 Å². The van der Waals surface area contributed by atoms with Gasteiger partial charge in [0.15, 0.2) is 0 Å². The van der Waals surface area contributed by atoms with E-state index < -0.39 is 0 Å².